The molecule has 16 heavy (non-hydrogen) atoms. The van der Waals surface area contributed by atoms with E-state index in [4.69, 9.17) is 5.73 Å². The highest BCUT2D eigenvalue weighted by Gasteiger charge is 2.15. The molecule has 0 unspecified atom stereocenters. The summed E-state index contributed by atoms with van der Waals surface area (Å²) in [5.41, 5.74) is 6.54. The lowest BCUT2D eigenvalue weighted by molar-refractivity contribution is -0.116. The molecule has 1 heterocycles. The first-order valence-electron chi connectivity index (χ1n) is 5.78. The SMILES string of the molecule is NCCCC(=O)Nc1nc2c(s1)CCCC2. The molecular formula is C11H17N3OS. The maximum absolute atomic E-state index is 11.5. The van der Waals surface area contributed by atoms with Crippen molar-refractivity contribution in [2.75, 3.05) is 11.9 Å². The number of nitrogens with one attached hydrogen (secondary N) is 1. The molecule has 1 aliphatic rings. The Hall–Kier alpha value is -0.940. The van der Waals surface area contributed by atoms with Gasteiger partial charge in [0.05, 0.1) is 5.69 Å². The maximum atomic E-state index is 11.5. The Bertz CT molecular complexity index is 352. The standard InChI is InChI=1S/C11H17N3OS/c12-7-3-6-10(15)14-11-13-8-4-1-2-5-9(8)16-11/h1-7,12H2,(H,13,14,15). The minimum Gasteiger partial charge on any atom is -0.330 e. The summed E-state index contributed by atoms with van der Waals surface area (Å²) in [6, 6.07) is 0. The summed E-state index contributed by atoms with van der Waals surface area (Å²) in [6.45, 7) is 0.557. The van der Waals surface area contributed by atoms with E-state index >= 15 is 0 Å². The predicted molar refractivity (Wildman–Crippen MR) is 65.7 cm³/mol. The van der Waals surface area contributed by atoms with Crippen molar-refractivity contribution in [3.05, 3.63) is 10.6 Å². The summed E-state index contributed by atoms with van der Waals surface area (Å²) < 4.78 is 0. The highest BCUT2D eigenvalue weighted by atomic mass is 32.1. The third-order valence-electron chi connectivity index (χ3n) is 2.70. The van der Waals surface area contributed by atoms with Crippen molar-refractivity contribution in [3.63, 3.8) is 0 Å². The zero-order chi connectivity index (χ0) is 11.4. The molecule has 1 aliphatic carbocycles. The molecule has 2 rings (SSSR count). The second-order valence-electron chi connectivity index (χ2n) is 4.04. The molecule has 0 aromatic carbocycles. The van der Waals surface area contributed by atoms with Gasteiger partial charge in [-0.2, -0.15) is 0 Å². The number of hydrogen-bond donors (Lipinski definition) is 2. The molecule has 0 saturated heterocycles. The van der Waals surface area contributed by atoms with Crippen molar-refractivity contribution < 1.29 is 4.79 Å². The molecule has 88 valence electrons. The molecule has 3 N–H and O–H groups in total. The fraction of sp³-hybridized carbons (Fsp3) is 0.636. The molecule has 0 fully saturated rings. The molecule has 0 bridgehead atoms. The Morgan fingerprint density at radius 3 is 3.00 bits per heavy atom. The van der Waals surface area contributed by atoms with Gasteiger partial charge in [0.1, 0.15) is 0 Å². The minimum absolute atomic E-state index is 0.0246. The summed E-state index contributed by atoms with van der Waals surface area (Å²) in [7, 11) is 0. The van der Waals surface area contributed by atoms with E-state index < -0.39 is 0 Å². The van der Waals surface area contributed by atoms with E-state index in [1.54, 1.807) is 11.3 Å². The maximum Gasteiger partial charge on any atom is 0.226 e. The van der Waals surface area contributed by atoms with E-state index in [0.29, 0.717) is 13.0 Å². The monoisotopic (exact) mass is 239 g/mol. The lowest BCUT2D eigenvalue weighted by Crippen LogP contribution is -2.13. The van der Waals surface area contributed by atoms with Gasteiger partial charge < -0.3 is 11.1 Å². The van der Waals surface area contributed by atoms with Crippen LogP contribution in [-0.2, 0) is 17.6 Å². The first-order valence-corrected chi connectivity index (χ1v) is 6.59. The number of carbonyl (C=O) groups excluding carboxylic acids is 1. The van der Waals surface area contributed by atoms with Crippen LogP contribution in [0.3, 0.4) is 0 Å². The molecule has 1 aromatic rings. The van der Waals surface area contributed by atoms with Gasteiger partial charge in [0.25, 0.3) is 0 Å². The van der Waals surface area contributed by atoms with Crippen LogP contribution in [-0.4, -0.2) is 17.4 Å². The summed E-state index contributed by atoms with van der Waals surface area (Å²) in [4.78, 5) is 17.3. The summed E-state index contributed by atoms with van der Waals surface area (Å²) >= 11 is 1.62. The van der Waals surface area contributed by atoms with Crippen molar-refractivity contribution in [1.29, 1.82) is 0 Å². The molecule has 0 atom stereocenters. The van der Waals surface area contributed by atoms with Crippen LogP contribution in [0.1, 0.15) is 36.3 Å². The van der Waals surface area contributed by atoms with E-state index in [9.17, 15) is 4.79 Å². The highest BCUT2D eigenvalue weighted by Crippen LogP contribution is 2.29. The summed E-state index contributed by atoms with van der Waals surface area (Å²) in [5.74, 6) is 0.0246. The van der Waals surface area contributed by atoms with Crippen LogP contribution < -0.4 is 11.1 Å². The molecule has 0 saturated carbocycles. The number of rotatable bonds is 4. The third-order valence-corrected chi connectivity index (χ3v) is 3.77. The summed E-state index contributed by atoms with van der Waals surface area (Å²) in [6.07, 6.45) is 5.86. The zero-order valence-corrected chi connectivity index (χ0v) is 10.1. The van der Waals surface area contributed by atoms with E-state index in [-0.39, 0.29) is 5.91 Å². The Morgan fingerprint density at radius 2 is 2.25 bits per heavy atom. The first kappa shape index (κ1) is 11.5. The van der Waals surface area contributed by atoms with Gasteiger partial charge in [0.2, 0.25) is 5.91 Å². The number of aryl methyl sites for hydroxylation is 2. The number of anilines is 1. The van der Waals surface area contributed by atoms with Crippen molar-refractivity contribution in [3.8, 4) is 0 Å². The predicted octanol–water partition coefficient (Wildman–Crippen LogP) is 1.70. The van der Waals surface area contributed by atoms with Crippen molar-refractivity contribution >= 4 is 22.4 Å². The van der Waals surface area contributed by atoms with Crippen LogP contribution in [0.5, 0.6) is 0 Å². The normalized spacial score (nSPS) is 14.6. The summed E-state index contributed by atoms with van der Waals surface area (Å²) in [5, 5.41) is 3.61. The number of carbonyl (C=O) groups is 1. The Labute approximate surface area is 99.3 Å². The number of thiazole rings is 1. The molecule has 1 amide bonds. The van der Waals surface area contributed by atoms with Crippen molar-refractivity contribution in [2.45, 2.75) is 38.5 Å². The minimum atomic E-state index is 0.0246. The quantitative estimate of drug-likeness (QED) is 0.840. The van der Waals surface area contributed by atoms with Crippen LogP contribution in [0.25, 0.3) is 0 Å². The van der Waals surface area contributed by atoms with Crippen LogP contribution in [0.2, 0.25) is 0 Å². The van der Waals surface area contributed by atoms with Gasteiger partial charge in [0.15, 0.2) is 5.13 Å². The molecule has 4 nitrogen and oxygen atoms in total. The van der Waals surface area contributed by atoms with Gasteiger partial charge in [-0.25, -0.2) is 4.98 Å². The van der Waals surface area contributed by atoms with E-state index in [2.05, 4.69) is 10.3 Å². The third kappa shape index (κ3) is 2.80. The fourth-order valence-electron chi connectivity index (χ4n) is 1.85. The van der Waals surface area contributed by atoms with Crippen LogP contribution >= 0.6 is 11.3 Å². The first-order chi connectivity index (χ1) is 7.79. The fourth-order valence-corrected chi connectivity index (χ4v) is 2.92. The number of aromatic nitrogens is 1. The smallest absolute Gasteiger partial charge is 0.226 e. The highest BCUT2D eigenvalue weighted by molar-refractivity contribution is 7.15. The van der Waals surface area contributed by atoms with Crippen LogP contribution in [0.4, 0.5) is 5.13 Å². The van der Waals surface area contributed by atoms with Gasteiger partial charge >= 0.3 is 0 Å². The average Bonchev–Trinajstić information content (AvgIpc) is 2.68. The largest absolute Gasteiger partial charge is 0.330 e. The Balaban J connectivity index is 1.94. The Kier molecular flexibility index (Phi) is 3.90. The van der Waals surface area contributed by atoms with Crippen LogP contribution in [0, 0.1) is 0 Å². The lowest BCUT2D eigenvalue weighted by Gasteiger charge is -2.06. The van der Waals surface area contributed by atoms with Crippen molar-refractivity contribution in [1.82, 2.24) is 4.98 Å². The van der Waals surface area contributed by atoms with Gasteiger partial charge in [-0.15, -0.1) is 11.3 Å². The van der Waals surface area contributed by atoms with E-state index in [1.807, 2.05) is 0 Å². The van der Waals surface area contributed by atoms with E-state index in [0.717, 1.165) is 24.4 Å². The number of nitrogens with two attached hydrogens (primary N) is 1. The van der Waals surface area contributed by atoms with Gasteiger partial charge in [-0.3, -0.25) is 4.79 Å². The Morgan fingerprint density at radius 1 is 1.44 bits per heavy atom. The molecule has 0 radical (unpaired) electrons. The lowest BCUT2D eigenvalue weighted by atomic mass is 10.0. The molecule has 5 heteroatoms. The molecule has 0 aliphatic heterocycles. The number of fused-ring (bicyclic) bond motifs is 1. The number of hydrogen-bond acceptors (Lipinski definition) is 4. The second-order valence-corrected chi connectivity index (χ2v) is 5.12. The van der Waals surface area contributed by atoms with Gasteiger partial charge in [-0.05, 0) is 38.6 Å². The zero-order valence-electron chi connectivity index (χ0n) is 9.29. The molecule has 0 spiro atoms. The van der Waals surface area contributed by atoms with Gasteiger partial charge in [0, 0.05) is 11.3 Å². The second kappa shape index (κ2) is 5.41. The van der Waals surface area contributed by atoms with E-state index in [1.165, 1.54) is 23.4 Å². The average molecular weight is 239 g/mol. The molecule has 1 aromatic heterocycles. The van der Waals surface area contributed by atoms with Crippen molar-refractivity contribution in [2.24, 2.45) is 5.73 Å². The van der Waals surface area contributed by atoms with Gasteiger partial charge in [-0.1, -0.05) is 0 Å². The topological polar surface area (TPSA) is 68.0 Å². The number of nitrogens with zero attached hydrogens (tertiary/aromatic N) is 1. The number of amides is 1. The molecular weight excluding hydrogens is 222 g/mol. The van der Waals surface area contributed by atoms with Crippen LogP contribution in [0.15, 0.2) is 0 Å².